The zero-order chi connectivity index (χ0) is 20.4. The number of aryl methyl sites for hydroxylation is 1. The molecule has 0 aliphatic carbocycles. The molecule has 1 N–H and O–H groups in total. The van der Waals surface area contributed by atoms with Crippen molar-refractivity contribution in [2.45, 2.75) is 26.7 Å². The summed E-state index contributed by atoms with van der Waals surface area (Å²) in [5.74, 6) is 0. The van der Waals surface area contributed by atoms with E-state index in [9.17, 15) is 0 Å². The van der Waals surface area contributed by atoms with E-state index in [1.54, 1.807) is 0 Å². The van der Waals surface area contributed by atoms with Gasteiger partial charge in [-0.05, 0) is 6.42 Å². The van der Waals surface area contributed by atoms with Crippen molar-refractivity contribution in [2.75, 3.05) is 6.61 Å². The summed E-state index contributed by atoms with van der Waals surface area (Å²) in [6.45, 7) is 4.24. The van der Waals surface area contributed by atoms with Crippen molar-refractivity contribution >= 4 is 41.8 Å². The predicted molar refractivity (Wildman–Crippen MR) is 123 cm³/mol. The van der Waals surface area contributed by atoms with Crippen molar-refractivity contribution in [3.05, 3.63) is 84.4 Å². The monoisotopic (exact) mass is 490 g/mol. The van der Waals surface area contributed by atoms with Gasteiger partial charge in [-0.1, -0.05) is 18.6 Å². The Labute approximate surface area is 182 Å². The standard InChI is InChI=1S/C12H13O.C9H7.C3H6.2ClH.Zr/c13-9-3-5-11-8-7-10-4-1-2-6-12(10)11;1-2-5-9-7-3-6-8(9)4-1;1-3-2;;;/h1-2,4,6-8,13H,3,5,9H2;1-7H;1-2H3;2*1H;/q2*-1;;;;+2/p-2. The van der Waals surface area contributed by atoms with Crippen LogP contribution in [0, 0.1) is 0 Å². The maximum Gasteiger partial charge on any atom is 0.0426 e. The Bertz CT molecular complexity index is 965. The van der Waals surface area contributed by atoms with Crippen LogP contribution in [0.1, 0.15) is 25.8 Å². The van der Waals surface area contributed by atoms with E-state index in [0.717, 1.165) is 12.8 Å². The molecular formula is C24H26Cl2OZr-2. The van der Waals surface area contributed by atoms with Gasteiger partial charge in [0.25, 0.3) is 0 Å². The number of hydrogen-bond donors (Lipinski definition) is 1. The van der Waals surface area contributed by atoms with Crippen molar-refractivity contribution in [2.24, 2.45) is 0 Å². The van der Waals surface area contributed by atoms with Gasteiger partial charge in [-0.3, -0.25) is 0 Å². The van der Waals surface area contributed by atoms with Crippen LogP contribution >= 0.6 is 17.0 Å². The Kier molecular flexibility index (Phi) is 10.4. The Balaban J connectivity index is 0.000000163. The van der Waals surface area contributed by atoms with Gasteiger partial charge < -0.3 is 5.11 Å². The third-order valence-corrected chi connectivity index (χ3v) is 10.6. The van der Waals surface area contributed by atoms with Gasteiger partial charge in [0.2, 0.25) is 0 Å². The number of aliphatic hydroxyl groups excluding tert-OH is 1. The molecule has 0 saturated carbocycles. The summed E-state index contributed by atoms with van der Waals surface area (Å²) < 4.78 is 1.24. The SMILES string of the molecule is C[C](C)=[Zr]([Cl])[Cl].OCCCc1c[cH-]c2ccccc12.c1ccc2[cH-]ccc2c1. The van der Waals surface area contributed by atoms with Gasteiger partial charge in [-0.2, -0.15) is 23.1 Å². The molecule has 0 bridgehead atoms. The first-order valence-electron chi connectivity index (χ1n) is 9.36. The summed E-state index contributed by atoms with van der Waals surface area (Å²) in [6, 6.07) is 27.3. The van der Waals surface area contributed by atoms with Gasteiger partial charge >= 0.3 is 53.0 Å². The fraction of sp³-hybridized carbons (Fsp3) is 0.208. The quantitative estimate of drug-likeness (QED) is 0.301. The smallest absolute Gasteiger partial charge is 0.0426 e. The molecule has 148 valence electrons. The molecule has 1 nitrogen and oxygen atoms in total. The molecule has 28 heavy (non-hydrogen) atoms. The van der Waals surface area contributed by atoms with Crippen molar-refractivity contribution in [1.29, 1.82) is 0 Å². The minimum absolute atomic E-state index is 0.277. The largest absolute Gasteiger partial charge is 0.396 e. The number of hydrogen-bond acceptors (Lipinski definition) is 1. The number of benzene rings is 2. The molecule has 0 aliphatic heterocycles. The first-order chi connectivity index (χ1) is 13.5. The summed E-state index contributed by atoms with van der Waals surface area (Å²) in [5.41, 5.74) is 1.35. The van der Waals surface area contributed by atoms with Crippen LogP contribution in [0.5, 0.6) is 0 Å². The van der Waals surface area contributed by atoms with Gasteiger partial charge in [0.15, 0.2) is 0 Å². The van der Waals surface area contributed by atoms with Crippen LogP contribution in [0.25, 0.3) is 21.5 Å². The van der Waals surface area contributed by atoms with Crippen molar-refractivity contribution < 1.29 is 24.0 Å². The molecule has 4 aromatic rings. The second kappa shape index (κ2) is 12.5. The molecule has 4 rings (SSSR count). The Morgan fingerprint density at radius 3 is 2.21 bits per heavy atom. The van der Waals surface area contributed by atoms with E-state index in [2.05, 4.69) is 78.9 Å². The molecule has 0 spiro atoms. The van der Waals surface area contributed by atoms with Crippen LogP contribution in [0.3, 0.4) is 0 Å². The summed E-state index contributed by atoms with van der Waals surface area (Å²) in [5, 5.41) is 14.0. The van der Waals surface area contributed by atoms with Crippen LogP contribution in [-0.4, -0.2) is 14.9 Å². The minimum atomic E-state index is -1.84. The first kappa shape index (κ1) is 23.2. The number of aliphatic hydroxyl groups is 1. The van der Waals surface area contributed by atoms with E-state index in [-0.39, 0.29) is 6.61 Å². The maximum absolute atomic E-state index is 8.74. The van der Waals surface area contributed by atoms with E-state index in [1.807, 2.05) is 13.8 Å². The van der Waals surface area contributed by atoms with Crippen molar-refractivity contribution in [3.8, 4) is 0 Å². The maximum atomic E-state index is 8.74. The molecule has 0 aliphatic rings. The molecular weight excluding hydrogens is 466 g/mol. The average molecular weight is 493 g/mol. The fourth-order valence-electron chi connectivity index (χ4n) is 2.77. The molecule has 0 heterocycles. The fourth-order valence-corrected chi connectivity index (χ4v) is 2.77. The van der Waals surface area contributed by atoms with E-state index < -0.39 is 18.9 Å². The Morgan fingerprint density at radius 2 is 1.57 bits per heavy atom. The van der Waals surface area contributed by atoms with Gasteiger partial charge in [-0.15, -0.1) is 70.8 Å². The van der Waals surface area contributed by atoms with Crippen molar-refractivity contribution in [3.63, 3.8) is 0 Å². The summed E-state index contributed by atoms with van der Waals surface area (Å²) >= 11 is -1.84. The minimum Gasteiger partial charge on any atom is -0.396 e. The van der Waals surface area contributed by atoms with Gasteiger partial charge in [-0.25, -0.2) is 0 Å². The molecule has 4 aromatic carbocycles. The summed E-state index contributed by atoms with van der Waals surface area (Å²) in [7, 11) is 11.1. The predicted octanol–water partition coefficient (Wildman–Crippen LogP) is 7.17. The second-order valence-electron chi connectivity index (χ2n) is 6.69. The molecule has 4 heteroatoms. The Morgan fingerprint density at radius 1 is 0.929 bits per heavy atom. The molecule has 0 radical (unpaired) electrons. The molecule has 0 unspecified atom stereocenters. The van der Waals surface area contributed by atoms with Gasteiger partial charge in [0.05, 0.1) is 0 Å². The molecule has 0 amide bonds. The zero-order valence-corrected chi connectivity index (χ0v) is 20.3. The third-order valence-electron chi connectivity index (χ3n) is 4.30. The van der Waals surface area contributed by atoms with E-state index >= 15 is 0 Å². The summed E-state index contributed by atoms with van der Waals surface area (Å²) in [4.78, 5) is 0. The number of fused-ring (bicyclic) bond motifs is 2. The molecule has 0 aromatic heterocycles. The second-order valence-corrected chi connectivity index (χ2v) is 16.0. The van der Waals surface area contributed by atoms with Crippen LogP contribution < -0.4 is 0 Å². The number of halogens is 2. The van der Waals surface area contributed by atoms with Crippen LogP contribution in [0.15, 0.2) is 78.9 Å². The van der Waals surface area contributed by atoms with Gasteiger partial charge in [0.1, 0.15) is 0 Å². The molecule has 0 fully saturated rings. The van der Waals surface area contributed by atoms with Crippen LogP contribution in [0.4, 0.5) is 0 Å². The van der Waals surface area contributed by atoms with Crippen molar-refractivity contribution in [1.82, 2.24) is 0 Å². The Hall–Kier alpha value is -1.05. The third kappa shape index (κ3) is 7.41. The number of rotatable bonds is 3. The normalized spacial score (nSPS) is 10.0. The average Bonchev–Trinajstić information content (AvgIpc) is 3.34. The summed E-state index contributed by atoms with van der Waals surface area (Å²) in [6.07, 6.45) is 1.83. The van der Waals surface area contributed by atoms with Gasteiger partial charge in [0, 0.05) is 6.61 Å². The van der Waals surface area contributed by atoms with Crippen LogP contribution in [0.2, 0.25) is 0 Å². The van der Waals surface area contributed by atoms with E-state index in [0.29, 0.717) is 0 Å². The van der Waals surface area contributed by atoms with Crippen LogP contribution in [-0.2, 0) is 25.3 Å². The topological polar surface area (TPSA) is 20.2 Å². The first-order valence-corrected chi connectivity index (χ1v) is 16.9. The van der Waals surface area contributed by atoms with E-state index in [1.165, 1.54) is 30.3 Å². The zero-order valence-electron chi connectivity index (χ0n) is 16.3. The van der Waals surface area contributed by atoms with E-state index in [4.69, 9.17) is 22.1 Å². The molecule has 0 saturated heterocycles. The molecule has 0 atom stereocenters.